The van der Waals surface area contributed by atoms with Crippen LogP contribution in [0.4, 0.5) is 4.39 Å². The Hall–Kier alpha value is -3.28. The van der Waals surface area contributed by atoms with Gasteiger partial charge in [0.1, 0.15) is 6.67 Å². The predicted octanol–water partition coefficient (Wildman–Crippen LogP) is 5.38. The zero-order chi connectivity index (χ0) is 22.5. The molecule has 6 heteroatoms. The van der Waals surface area contributed by atoms with Crippen LogP contribution >= 0.6 is 0 Å². The van der Waals surface area contributed by atoms with Crippen LogP contribution in [0.3, 0.4) is 0 Å². The highest BCUT2D eigenvalue weighted by atomic mass is 19.1. The molecule has 0 amide bonds. The van der Waals surface area contributed by atoms with Crippen molar-refractivity contribution in [2.24, 2.45) is 0 Å². The van der Waals surface area contributed by atoms with Crippen molar-refractivity contribution in [1.82, 2.24) is 4.98 Å². The lowest BCUT2D eigenvalue weighted by Crippen LogP contribution is -2.14. The van der Waals surface area contributed by atoms with Crippen LogP contribution in [0.25, 0.3) is 0 Å². The predicted molar refractivity (Wildman–Crippen MR) is 119 cm³/mol. The summed E-state index contributed by atoms with van der Waals surface area (Å²) in [5.41, 5.74) is 4.69. The van der Waals surface area contributed by atoms with Gasteiger partial charge in [0.15, 0.2) is 11.5 Å². The van der Waals surface area contributed by atoms with E-state index in [9.17, 15) is 4.39 Å². The van der Waals surface area contributed by atoms with E-state index in [4.69, 9.17) is 18.9 Å². The first kappa shape index (κ1) is 22.4. The fourth-order valence-corrected chi connectivity index (χ4v) is 4.06. The number of methoxy groups -OCH3 is 4. The van der Waals surface area contributed by atoms with Gasteiger partial charge in [-0.15, -0.1) is 0 Å². The van der Waals surface area contributed by atoms with E-state index in [0.717, 1.165) is 22.3 Å². The smallest absolute Gasteiger partial charge is 0.217 e. The Kier molecular flexibility index (Phi) is 7.00. The molecule has 0 bridgehead atoms. The highest BCUT2D eigenvalue weighted by molar-refractivity contribution is 5.65. The van der Waals surface area contributed by atoms with Crippen molar-refractivity contribution in [3.63, 3.8) is 0 Å². The number of alkyl halides is 1. The summed E-state index contributed by atoms with van der Waals surface area (Å²) in [4.78, 5) is 4.45. The summed E-state index contributed by atoms with van der Waals surface area (Å²) in [7, 11) is 6.28. The minimum Gasteiger partial charge on any atom is -0.493 e. The quantitative estimate of drug-likeness (QED) is 0.485. The third-order valence-electron chi connectivity index (χ3n) is 5.52. The maximum absolute atomic E-state index is 14.3. The highest BCUT2D eigenvalue weighted by Gasteiger charge is 2.32. The highest BCUT2D eigenvalue weighted by Crippen LogP contribution is 2.50. The summed E-state index contributed by atoms with van der Waals surface area (Å²) in [6.45, 7) is 3.18. The second-order valence-corrected chi connectivity index (χ2v) is 7.20. The summed E-state index contributed by atoms with van der Waals surface area (Å²) >= 11 is 0. The summed E-state index contributed by atoms with van der Waals surface area (Å²) in [6, 6.07) is 11.8. The molecule has 3 aromatic rings. The fourth-order valence-electron chi connectivity index (χ4n) is 4.06. The van der Waals surface area contributed by atoms with Gasteiger partial charge in [0.25, 0.3) is 0 Å². The van der Waals surface area contributed by atoms with E-state index in [-0.39, 0.29) is 0 Å². The number of nitrogens with zero attached hydrogens (tertiary/aromatic N) is 1. The Morgan fingerprint density at radius 3 is 2.06 bits per heavy atom. The minimum absolute atomic E-state index is 0.378. The number of benzene rings is 2. The Bertz CT molecular complexity index is 1050. The number of rotatable bonds is 8. The lowest BCUT2D eigenvalue weighted by atomic mass is 9.80. The first-order chi connectivity index (χ1) is 15.0. The zero-order valence-corrected chi connectivity index (χ0v) is 18.8. The molecule has 0 spiro atoms. The summed E-state index contributed by atoms with van der Waals surface area (Å²) < 4.78 is 36.9. The van der Waals surface area contributed by atoms with E-state index < -0.39 is 12.6 Å². The zero-order valence-electron chi connectivity index (χ0n) is 18.8. The number of halogens is 1. The van der Waals surface area contributed by atoms with E-state index in [1.54, 1.807) is 34.6 Å². The van der Waals surface area contributed by atoms with E-state index >= 15 is 0 Å². The van der Waals surface area contributed by atoms with Crippen molar-refractivity contribution in [2.45, 2.75) is 26.4 Å². The van der Waals surface area contributed by atoms with Gasteiger partial charge in [0.2, 0.25) is 11.6 Å². The van der Waals surface area contributed by atoms with Crippen LogP contribution in [0, 0.1) is 13.8 Å². The lowest BCUT2D eigenvalue weighted by molar-refractivity contribution is 0.321. The van der Waals surface area contributed by atoms with Crippen LogP contribution < -0.4 is 18.9 Å². The molecular formula is C25H28FNO4. The van der Waals surface area contributed by atoms with Crippen molar-refractivity contribution in [3.8, 4) is 23.1 Å². The van der Waals surface area contributed by atoms with Gasteiger partial charge in [0.05, 0.1) is 28.4 Å². The second-order valence-electron chi connectivity index (χ2n) is 7.20. The molecule has 1 unspecified atom stereocenters. The monoisotopic (exact) mass is 425 g/mol. The molecule has 0 N–H and O–H groups in total. The average molecular weight is 426 g/mol. The maximum Gasteiger partial charge on any atom is 0.217 e. The van der Waals surface area contributed by atoms with Crippen molar-refractivity contribution < 1.29 is 23.3 Å². The molecule has 0 radical (unpaired) electrons. The number of hydrogen-bond donors (Lipinski definition) is 0. The molecule has 1 heterocycles. The molecule has 1 aromatic heterocycles. The number of ether oxygens (including phenoxy) is 4. The van der Waals surface area contributed by atoms with Crippen LogP contribution in [-0.2, 0) is 6.67 Å². The van der Waals surface area contributed by atoms with E-state index in [1.807, 2.05) is 50.2 Å². The Morgan fingerprint density at radius 1 is 0.839 bits per heavy atom. The number of hydrogen-bond acceptors (Lipinski definition) is 5. The molecule has 164 valence electrons. The molecule has 0 saturated carbocycles. The van der Waals surface area contributed by atoms with Crippen molar-refractivity contribution in [3.05, 3.63) is 76.0 Å². The first-order valence-electron chi connectivity index (χ1n) is 9.94. The van der Waals surface area contributed by atoms with E-state index in [0.29, 0.717) is 34.3 Å². The van der Waals surface area contributed by atoms with Gasteiger partial charge in [-0.2, -0.15) is 0 Å². The van der Waals surface area contributed by atoms with Gasteiger partial charge < -0.3 is 18.9 Å². The fraction of sp³-hybridized carbons (Fsp3) is 0.320. The maximum atomic E-state index is 14.3. The van der Waals surface area contributed by atoms with Crippen molar-refractivity contribution >= 4 is 0 Å². The van der Waals surface area contributed by atoms with Gasteiger partial charge in [-0.25, -0.2) is 9.37 Å². The summed E-state index contributed by atoms with van der Waals surface area (Å²) in [5, 5.41) is 0. The number of aromatic nitrogens is 1. The van der Waals surface area contributed by atoms with Gasteiger partial charge in [-0.1, -0.05) is 30.3 Å². The molecular weight excluding hydrogens is 397 g/mol. The molecule has 0 saturated heterocycles. The standard InChI is InChI=1S/C25H28FNO4/c1-15-12-19(28-3)23(29-4)24(30-5)20(15)21(17-10-8-7-9-11-17)22-18(13-26)16(2)14-27-25(22)31-6/h7-12,14,21H,13H2,1-6H3. The molecule has 1 atom stereocenters. The molecule has 2 aromatic carbocycles. The summed E-state index contributed by atoms with van der Waals surface area (Å²) in [5.74, 6) is 1.55. The van der Waals surface area contributed by atoms with Crippen LogP contribution in [0.15, 0.2) is 42.6 Å². The van der Waals surface area contributed by atoms with Gasteiger partial charge in [-0.05, 0) is 42.2 Å². The van der Waals surface area contributed by atoms with Gasteiger partial charge in [0, 0.05) is 23.2 Å². The van der Waals surface area contributed by atoms with Gasteiger partial charge >= 0.3 is 0 Å². The van der Waals surface area contributed by atoms with Crippen LogP contribution in [0.1, 0.15) is 39.3 Å². The topological polar surface area (TPSA) is 49.8 Å². The number of aryl methyl sites for hydroxylation is 2. The van der Waals surface area contributed by atoms with Crippen molar-refractivity contribution in [1.29, 1.82) is 0 Å². The minimum atomic E-state index is -0.641. The SMILES string of the molecule is COc1cc(C)c(C(c2ccccc2)c2c(OC)ncc(C)c2CF)c(OC)c1OC. The molecule has 0 aliphatic heterocycles. The van der Waals surface area contributed by atoms with Gasteiger partial charge in [-0.3, -0.25) is 0 Å². The normalized spacial score (nSPS) is 11.7. The molecule has 5 nitrogen and oxygen atoms in total. The molecule has 31 heavy (non-hydrogen) atoms. The molecule has 0 fully saturated rings. The third kappa shape index (κ3) is 4.02. The molecule has 3 rings (SSSR count). The van der Waals surface area contributed by atoms with E-state index in [1.165, 1.54) is 0 Å². The first-order valence-corrected chi connectivity index (χ1v) is 9.94. The second kappa shape index (κ2) is 9.69. The summed E-state index contributed by atoms with van der Waals surface area (Å²) in [6.07, 6.45) is 1.64. The number of pyridine rings is 1. The van der Waals surface area contributed by atoms with Crippen molar-refractivity contribution in [2.75, 3.05) is 28.4 Å². The molecule has 0 aliphatic rings. The Labute approximate surface area is 182 Å². The van der Waals surface area contributed by atoms with Crippen LogP contribution in [0.5, 0.6) is 23.1 Å². The third-order valence-corrected chi connectivity index (χ3v) is 5.52. The largest absolute Gasteiger partial charge is 0.493 e. The molecule has 0 aliphatic carbocycles. The van der Waals surface area contributed by atoms with Crippen LogP contribution in [0.2, 0.25) is 0 Å². The van der Waals surface area contributed by atoms with Crippen LogP contribution in [-0.4, -0.2) is 33.4 Å². The van der Waals surface area contributed by atoms with E-state index in [2.05, 4.69) is 4.98 Å². The average Bonchev–Trinajstić information content (AvgIpc) is 2.80. The Balaban J connectivity index is 2.48. The lowest BCUT2D eigenvalue weighted by Gasteiger charge is -2.28. The Morgan fingerprint density at radius 2 is 1.52 bits per heavy atom.